The summed E-state index contributed by atoms with van der Waals surface area (Å²) >= 11 is 0. The molecule has 0 bridgehead atoms. The number of nitrogens with zero attached hydrogens (tertiary/aromatic N) is 1. The Morgan fingerprint density at radius 2 is 1.48 bits per heavy atom. The Kier molecular flexibility index (Phi) is 7.15. The zero-order valence-corrected chi connectivity index (χ0v) is 16.0. The summed E-state index contributed by atoms with van der Waals surface area (Å²) in [6.07, 6.45) is 0. The van der Waals surface area contributed by atoms with Gasteiger partial charge in [-0.25, -0.2) is 0 Å². The van der Waals surface area contributed by atoms with Crippen molar-refractivity contribution in [2.45, 2.75) is 41.5 Å². The number of amides is 3. The molecular weight excluding hydrogens is 318 g/mol. The number of anilines is 1. The highest BCUT2D eigenvalue weighted by Gasteiger charge is 2.29. The SMILES string of the molecule is CC(=O)NCCNC(=O)CN(C(=O)C(C)(C)C)c1cc(C)cc(C)c1. The average molecular weight is 347 g/mol. The standard InChI is InChI=1S/C19H29N3O3/c1-13-9-14(2)11-16(10-13)22(18(25)19(4,5)6)12-17(24)21-8-7-20-15(3)23/h9-11H,7-8,12H2,1-6H3,(H,20,23)(H,21,24). The van der Waals surface area contributed by atoms with Gasteiger partial charge in [0.25, 0.3) is 0 Å². The first-order valence-corrected chi connectivity index (χ1v) is 8.42. The lowest BCUT2D eigenvalue weighted by atomic mass is 9.94. The van der Waals surface area contributed by atoms with E-state index in [4.69, 9.17) is 0 Å². The number of aryl methyl sites for hydroxylation is 2. The minimum Gasteiger partial charge on any atom is -0.355 e. The molecule has 0 spiro atoms. The third-order valence-electron chi connectivity index (χ3n) is 3.53. The van der Waals surface area contributed by atoms with Gasteiger partial charge in [0.05, 0.1) is 0 Å². The van der Waals surface area contributed by atoms with Gasteiger partial charge in [0.2, 0.25) is 17.7 Å². The second kappa shape index (κ2) is 8.65. The molecule has 25 heavy (non-hydrogen) atoms. The van der Waals surface area contributed by atoms with Gasteiger partial charge in [-0.05, 0) is 37.1 Å². The van der Waals surface area contributed by atoms with Crippen molar-refractivity contribution in [2.24, 2.45) is 5.41 Å². The maximum Gasteiger partial charge on any atom is 0.240 e. The van der Waals surface area contributed by atoms with E-state index >= 15 is 0 Å². The van der Waals surface area contributed by atoms with E-state index in [1.54, 1.807) is 0 Å². The van der Waals surface area contributed by atoms with Crippen LogP contribution in [0.5, 0.6) is 0 Å². The fraction of sp³-hybridized carbons (Fsp3) is 0.526. The molecule has 0 aliphatic heterocycles. The van der Waals surface area contributed by atoms with Crippen LogP contribution in [0.4, 0.5) is 5.69 Å². The van der Waals surface area contributed by atoms with Gasteiger partial charge in [0, 0.05) is 31.1 Å². The Bertz CT molecular complexity index is 628. The zero-order valence-electron chi connectivity index (χ0n) is 16.0. The molecule has 2 N–H and O–H groups in total. The first kappa shape index (κ1) is 20.7. The highest BCUT2D eigenvalue weighted by Crippen LogP contribution is 2.25. The largest absolute Gasteiger partial charge is 0.355 e. The maximum absolute atomic E-state index is 12.8. The molecule has 6 heteroatoms. The van der Waals surface area contributed by atoms with Crippen molar-refractivity contribution in [1.29, 1.82) is 0 Å². The molecule has 0 fully saturated rings. The smallest absolute Gasteiger partial charge is 0.240 e. The fourth-order valence-corrected chi connectivity index (χ4v) is 2.43. The molecule has 0 radical (unpaired) electrons. The molecular formula is C19H29N3O3. The van der Waals surface area contributed by atoms with Gasteiger partial charge in [0.15, 0.2) is 0 Å². The van der Waals surface area contributed by atoms with Crippen molar-refractivity contribution >= 4 is 23.4 Å². The van der Waals surface area contributed by atoms with Crippen LogP contribution in [-0.2, 0) is 14.4 Å². The van der Waals surface area contributed by atoms with E-state index in [-0.39, 0.29) is 24.3 Å². The Hall–Kier alpha value is -2.37. The van der Waals surface area contributed by atoms with Crippen LogP contribution in [0, 0.1) is 19.3 Å². The molecule has 0 aromatic heterocycles. The summed E-state index contributed by atoms with van der Waals surface area (Å²) in [6.45, 7) is 11.5. The molecule has 1 aromatic rings. The van der Waals surface area contributed by atoms with Crippen molar-refractivity contribution in [3.8, 4) is 0 Å². The maximum atomic E-state index is 12.8. The lowest BCUT2D eigenvalue weighted by Gasteiger charge is -2.29. The van der Waals surface area contributed by atoms with Gasteiger partial charge in [-0.2, -0.15) is 0 Å². The molecule has 0 aliphatic rings. The van der Waals surface area contributed by atoms with Crippen molar-refractivity contribution in [2.75, 3.05) is 24.5 Å². The minimum atomic E-state index is -0.603. The Morgan fingerprint density at radius 1 is 0.960 bits per heavy atom. The van der Waals surface area contributed by atoms with Crippen LogP contribution in [0.2, 0.25) is 0 Å². The molecule has 0 heterocycles. The molecule has 138 valence electrons. The number of carbonyl (C=O) groups excluding carboxylic acids is 3. The first-order chi connectivity index (χ1) is 11.5. The molecule has 1 rings (SSSR count). The number of hydrogen-bond acceptors (Lipinski definition) is 3. The quantitative estimate of drug-likeness (QED) is 0.772. The van der Waals surface area contributed by atoms with E-state index < -0.39 is 5.41 Å². The van der Waals surface area contributed by atoms with Gasteiger partial charge < -0.3 is 15.5 Å². The van der Waals surface area contributed by atoms with Gasteiger partial charge in [-0.15, -0.1) is 0 Å². The molecule has 1 aromatic carbocycles. The van der Waals surface area contributed by atoms with E-state index in [1.165, 1.54) is 11.8 Å². The van der Waals surface area contributed by atoms with Crippen molar-refractivity contribution in [1.82, 2.24) is 10.6 Å². The molecule has 0 aliphatic carbocycles. The van der Waals surface area contributed by atoms with Crippen LogP contribution < -0.4 is 15.5 Å². The van der Waals surface area contributed by atoms with Gasteiger partial charge in [-0.1, -0.05) is 26.8 Å². The van der Waals surface area contributed by atoms with Crippen molar-refractivity contribution < 1.29 is 14.4 Å². The number of hydrogen-bond donors (Lipinski definition) is 2. The van der Waals surface area contributed by atoms with Crippen LogP contribution in [0.3, 0.4) is 0 Å². The van der Waals surface area contributed by atoms with Crippen molar-refractivity contribution in [3.05, 3.63) is 29.3 Å². The predicted octanol–water partition coefficient (Wildman–Crippen LogP) is 1.93. The minimum absolute atomic E-state index is 0.0565. The summed E-state index contributed by atoms with van der Waals surface area (Å²) < 4.78 is 0. The molecule has 0 saturated heterocycles. The van der Waals surface area contributed by atoms with Gasteiger partial charge in [-0.3, -0.25) is 14.4 Å². The van der Waals surface area contributed by atoms with Crippen LogP contribution in [-0.4, -0.2) is 37.4 Å². The molecule has 6 nitrogen and oxygen atoms in total. The zero-order chi connectivity index (χ0) is 19.2. The summed E-state index contributed by atoms with van der Waals surface area (Å²) in [5.41, 5.74) is 2.18. The van der Waals surface area contributed by atoms with E-state index in [0.29, 0.717) is 13.1 Å². The summed E-state index contributed by atoms with van der Waals surface area (Å²) in [7, 11) is 0. The second-order valence-corrected chi connectivity index (χ2v) is 7.32. The summed E-state index contributed by atoms with van der Waals surface area (Å²) in [6, 6.07) is 5.83. The van der Waals surface area contributed by atoms with Crippen LogP contribution in [0.25, 0.3) is 0 Å². The van der Waals surface area contributed by atoms with E-state index in [2.05, 4.69) is 10.6 Å². The molecule has 0 unspecified atom stereocenters. The summed E-state index contributed by atoms with van der Waals surface area (Å²) in [5.74, 6) is -0.523. The van der Waals surface area contributed by atoms with E-state index in [0.717, 1.165) is 16.8 Å². The molecule has 0 saturated carbocycles. The predicted molar refractivity (Wildman–Crippen MR) is 99.4 cm³/mol. The molecule has 3 amide bonds. The number of nitrogens with one attached hydrogen (secondary N) is 2. The van der Waals surface area contributed by atoms with E-state index in [1.807, 2.05) is 52.8 Å². The van der Waals surface area contributed by atoms with Crippen molar-refractivity contribution in [3.63, 3.8) is 0 Å². The monoisotopic (exact) mass is 347 g/mol. The molecule has 0 atom stereocenters. The second-order valence-electron chi connectivity index (χ2n) is 7.32. The Labute approximate surface area is 150 Å². The number of benzene rings is 1. The van der Waals surface area contributed by atoms with Crippen LogP contribution in [0.1, 0.15) is 38.8 Å². The van der Waals surface area contributed by atoms with Crippen LogP contribution in [0.15, 0.2) is 18.2 Å². The van der Waals surface area contributed by atoms with Gasteiger partial charge >= 0.3 is 0 Å². The number of carbonyl (C=O) groups is 3. The van der Waals surface area contributed by atoms with Crippen LogP contribution >= 0.6 is 0 Å². The Balaban J connectivity index is 2.91. The lowest BCUT2D eigenvalue weighted by Crippen LogP contribution is -2.46. The third-order valence-corrected chi connectivity index (χ3v) is 3.53. The Morgan fingerprint density at radius 3 is 1.96 bits per heavy atom. The highest BCUT2D eigenvalue weighted by molar-refractivity contribution is 6.01. The van der Waals surface area contributed by atoms with E-state index in [9.17, 15) is 14.4 Å². The summed E-state index contributed by atoms with van der Waals surface area (Å²) in [5, 5.41) is 5.34. The topological polar surface area (TPSA) is 78.5 Å². The van der Waals surface area contributed by atoms with Gasteiger partial charge in [0.1, 0.15) is 6.54 Å². The third kappa shape index (κ3) is 6.95. The average Bonchev–Trinajstić information content (AvgIpc) is 2.46. The lowest BCUT2D eigenvalue weighted by molar-refractivity contribution is -0.128. The number of rotatable bonds is 6. The fourth-order valence-electron chi connectivity index (χ4n) is 2.43. The highest BCUT2D eigenvalue weighted by atomic mass is 16.2. The summed E-state index contributed by atoms with van der Waals surface area (Å²) in [4.78, 5) is 37.4. The first-order valence-electron chi connectivity index (χ1n) is 8.42. The normalized spacial score (nSPS) is 11.0.